The van der Waals surface area contributed by atoms with Crippen LogP contribution in [-0.2, 0) is 0 Å². The molecule has 3 rings (SSSR count). The highest BCUT2D eigenvalue weighted by Gasteiger charge is 2.18. The molecule has 0 spiro atoms. The molecule has 0 fully saturated rings. The molecule has 122 valence electrons. The molecule has 5 nitrogen and oxygen atoms in total. The minimum Gasteiger partial charge on any atom is -0.449 e. The lowest BCUT2D eigenvalue weighted by Gasteiger charge is -2.10. The molecule has 0 radical (unpaired) electrons. The molecule has 3 aromatic rings. The van der Waals surface area contributed by atoms with Gasteiger partial charge < -0.3 is 9.84 Å². The Bertz CT molecular complexity index is 925. The molecular weight excluding hydrogens is 375 g/mol. The van der Waals surface area contributed by atoms with Crippen molar-refractivity contribution < 1.29 is 14.6 Å². The van der Waals surface area contributed by atoms with Crippen LogP contribution in [0.1, 0.15) is 0 Å². The van der Waals surface area contributed by atoms with Crippen molar-refractivity contribution in [2.24, 2.45) is 0 Å². The summed E-state index contributed by atoms with van der Waals surface area (Å²) in [7, 11) is 0. The van der Waals surface area contributed by atoms with Gasteiger partial charge in [-0.3, -0.25) is 0 Å². The molecule has 0 saturated carbocycles. The Morgan fingerprint density at radius 2 is 1.79 bits per heavy atom. The first kappa shape index (κ1) is 16.6. The van der Waals surface area contributed by atoms with Crippen LogP contribution < -0.4 is 4.74 Å². The monoisotopic (exact) mass is 382 g/mol. The van der Waals surface area contributed by atoms with Crippen LogP contribution in [0.2, 0.25) is 15.1 Å². The van der Waals surface area contributed by atoms with Gasteiger partial charge in [-0.2, -0.15) is 0 Å². The summed E-state index contributed by atoms with van der Waals surface area (Å²) in [5.74, 6) is -0.0940. The SMILES string of the molecule is O=C(O)Oc1cc(-c2ccccc2Cl)n(-c2ccc(Cl)cc2Cl)n1. The first-order valence-corrected chi connectivity index (χ1v) is 7.80. The zero-order valence-electron chi connectivity index (χ0n) is 11.9. The summed E-state index contributed by atoms with van der Waals surface area (Å²) in [6, 6.07) is 13.4. The van der Waals surface area contributed by atoms with E-state index in [0.29, 0.717) is 32.0 Å². The standard InChI is InChI=1S/C16H9Cl3N2O3/c17-9-5-6-13(12(19)7-9)21-14(8-15(20-21)24-16(22)23)10-3-1-2-4-11(10)18/h1-8H,(H,22,23). The van der Waals surface area contributed by atoms with Crippen LogP contribution in [0.3, 0.4) is 0 Å². The minimum atomic E-state index is -1.47. The van der Waals surface area contributed by atoms with Gasteiger partial charge in [-0.1, -0.05) is 53.0 Å². The van der Waals surface area contributed by atoms with Crippen molar-refractivity contribution in [1.82, 2.24) is 9.78 Å². The Kier molecular flexibility index (Phi) is 4.66. The van der Waals surface area contributed by atoms with Crippen LogP contribution in [0.25, 0.3) is 16.9 Å². The van der Waals surface area contributed by atoms with E-state index >= 15 is 0 Å². The van der Waals surface area contributed by atoms with Crippen molar-refractivity contribution in [3.8, 4) is 22.8 Å². The largest absolute Gasteiger partial charge is 0.512 e. The second kappa shape index (κ2) is 6.73. The van der Waals surface area contributed by atoms with Crippen LogP contribution in [0.15, 0.2) is 48.5 Å². The number of carboxylic acid groups (broad SMARTS) is 1. The van der Waals surface area contributed by atoms with E-state index in [1.807, 2.05) is 0 Å². The number of hydrogen-bond acceptors (Lipinski definition) is 3. The van der Waals surface area contributed by atoms with Gasteiger partial charge in [0.2, 0.25) is 5.88 Å². The number of carbonyl (C=O) groups is 1. The lowest BCUT2D eigenvalue weighted by Crippen LogP contribution is -2.05. The minimum absolute atomic E-state index is 0.0940. The fourth-order valence-corrected chi connectivity index (χ4v) is 2.92. The van der Waals surface area contributed by atoms with Gasteiger partial charge in [-0.05, 0) is 24.3 Å². The third kappa shape index (κ3) is 3.33. The van der Waals surface area contributed by atoms with Crippen LogP contribution in [0.4, 0.5) is 4.79 Å². The maximum absolute atomic E-state index is 10.8. The molecule has 8 heteroatoms. The number of benzene rings is 2. The molecule has 1 N–H and O–H groups in total. The maximum Gasteiger partial charge on any atom is 0.512 e. The number of aromatic nitrogens is 2. The molecule has 24 heavy (non-hydrogen) atoms. The van der Waals surface area contributed by atoms with E-state index < -0.39 is 6.16 Å². The van der Waals surface area contributed by atoms with Crippen molar-refractivity contribution in [3.05, 3.63) is 63.6 Å². The summed E-state index contributed by atoms with van der Waals surface area (Å²) in [6.45, 7) is 0. The van der Waals surface area contributed by atoms with Gasteiger partial charge in [0, 0.05) is 21.7 Å². The zero-order valence-corrected chi connectivity index (χ0v) is 14.2. The van der Waals surface area contributed by atoms with E-state index in [0.717, 1.165) is 0 Å². The van der Waals surface area contributed by atoms with Crippen LogP contribution in [0, 0.1) is 0 Å². The summed E-state index contributed by atoms with van der Waals surface area (Å²) in [6.07, 6.45) is -1.47. The van der Waals surface area contributed by atoms with Crippen molar-refractivity contribution in [2.75, 3.05) is 0 Å². The van der Waals surface area contributed by atoms with Crippen molar-refractivity contribution in [1.29, 1.82) is 0 Å². The Labute approximate surface area is 151 Å². The average molecular weight is 384 g/mol. The molecule has 0 aliphatic rings. The maximum atomic E-state index is 10.8. The summed E-state index contributed by atoms with van der Waals surface area (Å²) in [4.78, 5) is 10.8. The first-order valence-electron chi connectivity index (χ1n) is 6.67. The smallest absolute Gasteiger partial charge is 0.449 e. The Morgan fingerprint density at radius 3 is 2.46 bits per heavy atom. The highest BCUT2D eigenvalue weighted by atomic mass is 35.5. The molecule has 0 atom stereocenters. The fourth-order valence-electron chi connectivity index (χ4n) is 2.20. The molecular formula is C16H9Cl3N2O3. The summed E-state index contributed by atoms with van der Waals surface area (Å²) in [5, 5.41) is 14.3. The number of ether oxygens (including phenoxy) is 1. The molecule has 0 amide bonds. The van der Waals surface area contributed by atoms with Gasteiger partial charge in [0.15, 0.2) is 0 Å². The summed E-state index contributed by atoms with van der Waals surface area (Å²) >= 11 is 18.4. The van der Waals surface area contributed by atoms with Crippen LogP contribution in [-0.4, -0.2) is 21.0 Å². The second-order valence-corrected chi connectivity index (χ2v) is 5.97. The highest BCUT2D eigenvalue weighted by molar-refractivity contribution is 6.36. The predicted octanol–water partition coefficient (Wildman–Crippen LogP) is 5.56. The lowest BCUT2D eigenvalue weighted by molar-refractivity contribution is 0.142. The Morgan fingerprint density at radius 1 is 1.04 bits per heavy atom. The van der Waals surface area contributed by atoms with Crippen molar-refractivity contribution >= 4 is 41.0 Å². The molecule has 1 heterocycles. The van der Waals surface area contributed by atoms with Gasteiger partial charge in [0.25, 0.3) is 0 Å². The number of halogens is 3. The van der Waals surface area contributed by atoms with E-state index in [-0.39, 0.29) is 5.88 Å². The van der Waals surface area contributed by atoms with Crippen molar-refractivity contribution in [2.45, 2.75) is 0 Å². The van der Waals surface area contributed by atoms with E-state index in [1.165, 1.54) is 10.7 Å². The van der Waals surface area contributed by atoms with Crippen LogP contribution >= 0.6 is 34.8 Å². The third-order valence-electron chi connectivity index (χ3n) is 3.17. The topological polar surface area (TPSA) is 64.3 Å². The molecule has 0 bridgehead atoms. The first-order chi connectivity index (χ1) is 11.5. The van der Waals surface area contributed by atoms with Gasteiger partial charge >= 0.3 is 6.16 Å². The number of hydrogen-bond donors (Lipinski definition) is 1. The quantitative estimate of drug-likeness (QED) is 0.602. The van der Waals surface area contributed by atoms with E-state index in [9.17, 15) is 4.79 Å². The van der Waals surface area contributed by atoms with Crippen molar-refractivity contribution in [3.63, 3.8) is 0 Å². The molecule has 0 aliphatic heterocycles. The van der Waals surface area contributed by atoms with E-state index in [2.05, 4.69) is 9.84 Å². The second-order valence-electron chi connectivity index (χ2n) is 4.72. The van der Waals surface area contributed by atoms with E-state index in [1.54, 1.807) is 42.5 Å². The summed E-state index contributed by atoms with van der Waals surface area (Å²) < 4.78 is 6.11. The Balaban J connectivity index is 2.22. The number of rotatable bonds is 3. The van der Waals surface area contributed by atoms with Gasteiger partial charge in [0.1, 0.15) is 0 Å². The predicted molar refractivity (Wildman–Crippen MR) is 92.7 cm³/mol. The van der Waals surface area contributed by atoms with Gasteiger partial charge in [0.05, 0.1) is 16.4 Å². The molecule has 1 aromatic heterocycles. The Hall–Kier alpha value is -2.21. The fraction of sp³-hybridized carbons (Fsp3) is 0. The molecule has 0 aliphatic carbocycles. The number of nitrogens with zero attached hydrogens (tertiary/aromatic N) is 2. The van der Waals surface area contributed by atoms with Gasteiger partial charge in [-0.15, -0.1) is 5.10 Å². The normalized spacial score (nSPS) is 10.6. The van der Waals surface area contributed by atoms with Gasteiger partial charge in [-0.25, -0.2) is 9.48 Å². The van der Waals surface area contributed by atoms with E-state index in [4.69, 9.17) is 39.9 Å². The highest BCUT2D eigenvalue weighted by Crippen LogP contribution is 2.34. The molecule has 2 aromatic carbocycles. The lowest BCUT2D eigenvalue weighted by atomic mass is 10.1. The average Bonchev–Trinajstić information content (AvgIpc) is 2.90. The molecule has 0 saturated heterocycles. The third-order valence-corrected chi connectivity index (χ3v) is 4.03. The molecule has 0 unspecified atom stereocenters. The van der Waals surface area contributed by atoms with Crippen LogP contribution in [0.5, 0.6) is 5.88 Å². The summed E-state index contributed by atoms with van der Waals surface area (Å²) in [5.41, 5.74) is 1.69. The zero-order chi connectivity index (χ0) is 17.3.